The molecule has 2 rings (SSSR count). The minimum atomic E-state index is -1.87. The van der Waals surface area contributed by atoms with Crippen molar-refractivity contribution in [3.63, 3.8) is 0 Å². The number of rotatable bonds is 4. The Hall–Kier alpha value is -1.21. The summed E-state index contributed by atoms with van der Waals surface area (Å²) in [5, 5.41) is 20.0. The van der Waals surface area contributed by atoms with Crippen LogP contribution in [0.5, 0.6) is 0 Å². The third kappa shape index (κ3) is 3.57. The Morgan fingerprint density at radius 3 is 2.50 bits per heavy atom. The highest BCUT2D eigenvalue weighted by Crippen LogP contribution is 2.37. The van der Waals surface area contributed by atoms with Crippen LogP contribution in [-0.4, -0.2) is 30.5 Å². The third-order valence-electron chi connectivity index (χ3n) is 4.50. The van der Waals surface area contributed by atoms with E-state index in [1.165, 1.54) is 0 Å². The second-order valence-corrected chi connectivity index (χ2v) is 12.0. The second-order valence-electron chi connectivity index (χ2n) is 7.18. The molecule has 4 nitrogen and oxygen atoms in total. The number of aromatic nitrogens is 1. The van der Waals surface area contributed by atoms with Gasteiger partial charge in [0.2, 0.25) is 0 Å². The molecule has 2 N–H and O–H groups in total. The molecule has 6 heteroatoms. The molecule has 1 aromatic heterocycles. The van der Waals surface area contributed by atoms with Gasteiger partial charge in [0, 0.05) is 17.1 Å². The Morgan fingerprint density at radius 2 is 1.91 bits per heavy atom. The van der Waals surface area contributed by atoms with Gasteiger partial charge in [0.05, 0.1) is 12.1 Å². The average molecular weight is 317 g/mol. The predicted octanol–water partition coefficient (Wildman–Crippen LogP) is 2.44. The zero-order valence-corrected chi connectivity index (χ0v) is 14.9. The topological polar surface area (TPSA) is 62.6 Å². The first-order valence-corrected chi connectivity index (χ1v) is 10.4. The fourth-order valence-corrected chi connectivity index (χ4v) is 2.98. The smallest absolute Gasteiger partial charge is 0.423 e. The average Bonchev–Trinajstić information content (AvgIpc) is 2.43. The van der Waals surface area contributed by atoms with E-state index in [-0.39, 0.29) is 5.04 Å². The van der Waals surface area contributed by atoms with Gasteiger partial charge in [-0.2, -0.15) is 0 Å². The molecule has 0 saturated carbocycles. The molecule has 1 aromatic carbocycles. The lowest BCUT2D eigenvalue weighted by molar-refractivity contribution is 0.277. The summed E-state index contributed by atoms with van der Waals surface area (Å²) in [6.07, 6.45) is 1.74. The molecular weight excluding hydrogens is 293 g/mol. The first-order chi connectivity index (χ1) is 10.1. The molecule has 118 valence electrons. The lowest BCUT2D eigenvalue weighted by Crippen LogP contribution is -2.40. The Bertz CT molecular complexity index is 668. The maximum absolute atomic E-state index is 9.47. The SMILES string of the molecule is CC(C)(C)[Si](C)(C)OCc1cc(B(O)O)cc2cccnc12. The van der Waals surface area contributed by atoms with E-state index in [0.717, 1.165) is 16.5 Å². The van der Waals surface area contributed by atoms with Crippen LogP contribution in [0.2, 0.25) is 18.1 Å². The first kappa shape index (κ1) is 17.2. The lowest BCUT2D eigenvalue weighted by Gasteiger charge is -2.36. The van der Waals surface area contributed by atoms with Crippen molar-refractivity contribution in [2.75, 3.05) is 0 Å². The molecule has 0 aliphatic rings. The van der Waals surface area contributed by atoms with Gasteiger partial charge >= 0.3 is 7.12 Å². The van der Waals surface area contributed by atoms with E-state index in [0.29, 0.717) is 12.1 Å². The third-order valence-corrected chi connectivity index (χ3v) is 8.98. The molecular formula is C16H24BNO3Si. The molecule has 22 heavy (non-hydrogen) atoms. The van der Waals surface area contributed by atoms with E-state index >= 15 is 0 Å². The van der Waals surface area contributed by atoms with Gasteiger partial charge < -0.3 is 14.5 Å². The monoisotopic (exact) mass is 317 g/mol. The fraction of sp³-hybridized carbons (Fsp3) is 0.438. The molecule has 0 saturated heterocycles. The van der Waals surface area contributed by atoms with Crippen LogP contribution in [0.1, 0.15) is 26.3 Å². The van der Waals surface area contributed by atoms with Gasteiger partial charge in [-0.05, 0) is 29.7 Å². The van der Waals surface area contributed by atoms with Crippen LogP contribution in [0.4, 0.5) is 0 Å². The molecule has 0 unspecified atom stereocenters. The zero-order chi connectivity index (χ0) is 16.5. The van der Waals surface area contributed by atoms with Crippen molar-refractivity contribution >= 4 is 31.8 Å². The van der Waals surface area contributed by atoms with E-state index in [9.17, 15) is 10.0 Å². The quantitative estimate of drug-likeness (QED) is 0.850. The summed E-state index contributed by atoms with van der Waals surface area (Å²) in [5.74, 6) is 0. The summed E-state index contributed by atoms with van der Waals surface area (Å²) in [6, 6.07) is 7.29. The standard InChI is InChI=1S/C16H24BNO3Si/c1-16(2,3)22(4,5)21-11-13-10-14(17(19)20)9-12-7-6-8-18-15(12)13/h6-10,19-20H,11H2,1-5H3. The van der Waals surface area contributed by atoms with E-state index in [2.05, 4.69) is 38.8 Å². The largest absolute Gasteiger partial charge is 0.488 e. The number of benzene rings is 1. The highest BCUT2D eigenvalue weighted by Gasteiger charge is 2.37. The number of fused-ring (bicyclic) bond motifs is 1. The van der Waals surface area contributed by atoms with Gasteiger partial charge in [-0.1, -0.05) is 39.0 Å². The summed E-state index contributed by atoms with van der Waals surface area (Å²) < 4.78 is 6.26. The van der Waals surface area contributed by atoms with Crippen molar-refractivity contribution in [3.8, 4) is 0 Å². The van der Waals surface area contributed by atoms with Crippen LogP contribution in [0.3, 0.4) is 0 Å². The molecule has 0 spiro atoms. The van der Waals surface area contributed by atoms with Gasteiger partial charge in [-0.3, -0.25) is 4.98 Å². The Labute approximate surface area is 133 Å². The fourth-order valence-electron chi connectivity index (χ4n) is 2.03. The van der Waals surface area contributed by atoms with Crippen molar-refractivity contribution < 1.29 is 14.5 Å². The maximum Gasteiger partial charge on any atom is 0.488 e. The normalized spacial score (nSPS) is 12.7. The van der Waals surface area contributed by atoms with E-state index in [1.54, 1.807) is 18.3 Å². The molecule has 0 bridgehead atoms. The minimum absolute atomic E-state index is 0.129. The van der Waals surface area contributed by atoms with Gasteiger partial charge in [0.15, 0.2) is 8.32 Å². The van der Waals surface area contributed by atoms with Crippen LogP contribution in [0.25, 0.3) is 10.9 Å². The van der Waals surface area contributed by atoms with Crippen molar-refractivity contribution in [2.24, 2.45) is 0 Å². The first-order valence-electron chi connectivity index (χ1n) is 7.49. The summed E-state index contributed by atoms with van der Waals surface area (Å²) >= 11 is 0. The molecule has 0 atom stereocenters. The maximum atomic E-state index is 9.47. The highest BCUT2D eigenvalue weighted by molar-refractivity contribution is 6.74. The molecule has 1 heterocycles. The van der Waals surface area contributed by atoms with Crippen LogP contribution >= 0.6 is 0 Å². The molecule has 0 amide bonds. The molecule has 2 aromatic rings. The van der Waals surface area contributed by atoms with Gasteiger partial charge in [-0.15, -0.1) is 0 Å². The predicted molar refractivity (Wildman–Crippen MR) is 93.6 cm³/mol. The highest BCUT2D eigenvalue weighted by atomic mass is 28.4. The summed E-state index contributed by atoms with van der Waals surface area (Å²) in [5.41, 5.74) is 2.21. The van der Waals surface area contributed by atoms with Crippen molar-refractivity contribution in [2.45, 2.75) is 45.5 Å². The van der Waals surface area contributed by atoms with E-state index in [1.807, 2.05) is 12.1 Å². The van der Waals surface area contributed by atoms with Crippen LogP contribution < -0.4 is 5.46 Å². The number of hydrogen-bond donors (Lipinski definition) is 2. The Morgan fingerprint density at radius 1 is 1.23 bits per heavy atom. The summed E-state index contributed by atoms with van der Waals surface area (Å²) in [4.78, 5) is 4.42. The van der Waals surface area contributed by atoms with Gasteiger partial charge in [-0.25, -0.2) is 0 Å². The van der Waals surface area contributed by atoms with Crippen LogP contribution in [-0.2, 0) is 11.0 Å². The molecule has 0 radical (unpaired) electrons. The Balaban J connectivity index is 2.38. The molecule has 0 aliphatic heterocycles. The van der Waals surface area contributed by atoms with Crippen molar-refractivity contribution in [1.82, 2.24) is 4.98 Å². The van der Waals surface area contributed by atoms with Crippen LogP contribution in [0.15, 0.2) is 30.5 Å². The summed E-state index contributed by atoms with van der Waals surface area (Å²) in [7, 11) is -3.36. The lowest BCUT2D eigenvalue weighted by atomic mass is 9.79. The number of nitrogens with zero attached hydrogens (tertiary/aromatic N) is 1. The van der Waals surface area contributed by atoms with Crippen molar-refractivity contribution in [1.29, 1.82) is 0 Å². The second kappa shape index (κ2) is 6.12. The van der Waals surface area contributed by atoms with Gasteiger partial charge in [0.25, 0.3) is 0 Å². The molecule has 0 fully saturated rings. The van der Waals surface area contributed by atoms with E-state index < -0.39 is 15.4 Å². The number of pyridine rings is 1. The molecule has 0 aliphatic carbocycles. The van der Waals surface area contributed by atoms with Crippen molar-refractivity contribution in [3.05, 3.63) is 36.0 Å². The van der Waals surface area contributed by atoms with Gasteiger partial charge in [0.1, 0.15) is 0 Å². The van der Waals surface area contributed by atoms with Crippen LogP contribution in [0, 0.1) is 0 Å². The Kier molecular flexibility index (Phi) is 4.77. The summed E-state index contributed by atoms with van der Waals surface area (Å²) in [6.45, 7) is 11.4. The number of hydrogen-bond acceptors (Lipinski definition) is 4. The van der Waals surface area contributed by atoms with E-state index in [4.69, 9.17) is 4.43 Å². The minimum Gasteiger partial charge on any atom is -0.423 e. The zero-order valence-electron chi connectivity index (χ0n) is 13.9.